The van der Waals surface area contributed by atoms with Crippen molar-refractivity contribution >= 4 is 11.6 Å². The van der Waals surface area contributed by atoms with Crippen LogP contribution < -0.4 is 5.73 Å². The Bertz CT molecular complexity index is 475. The fourth-order valence-corrected chi connectivity index (χ4v) is 2.92. The van der Waals surface area contributed by atoms with E-state index >= 15 is 0 Å². The number of rotatable bonds is 2. The monoisotopic (exact) mass is 264 g/mol. The van der Waals surface area contributed by atoms with Gasteiger partial charge in [-0.25, -0.2) is 4.39 Å². The molecule has 1 aromatic carbocycles. The van der Waals surface area contributed by atoms with Gasteiger partial charge in [0, 0.05) is 18.8 Å². The predicted molar refractivity (Wildman–Crippen MR) is 74.3 cm³/mol. The van der Waals surface area contributed by atoms with Crippen LogP contribution in [0.4, 0.5) is 10.1 Å². The molecule has 2 unspecified atom stereocenters. The molecule has 0 radical (unpaired) electrons. The molecular formula is C15H21FN2O. The van der Waals surface area contributed by atoms with Gasteiger partial charge in [-0.15, -0.1) is 0 Å². The molecule has 2 N–H and O–H groups in total. The maximum Gasteiger partial charge on any atom is 0.256 e. The van der Waals surface area contributed by atoms with Crippen LogP contribution in [-0.2, 0) is 0 Å². The summed E-state index contributed by atoms with van der Waals surface area (Å²) in [6, 6.07) is 4.44. The summed E-state index contributed by atoms with van der Waals surface area (Å²) in [6.45, 7) is 2.16. The van der Waals surface area contributed by atoms with Crippen molar-refractivity contribution in [1.82, 2.24) is 4.90 Å². The highest BCUT2D eigenvalue weighted by molar-refractivity contribution is 5.94. The third kappa shape index (κ3) is 2.88. The van der Waals surface area contributed by atoms with Gasteiger partial charge in [0.05, 0.1) is 5.56 Å². The fourth-order valence-electron chi connectivity index (χ4n) is 2.92. The molecular weight excluding hydrogens is 243 g/mol. The van der Waals surface area contributed by atoms with Gasteiger partial charge in [0.1, 0.15) is 5.82 Å². The van der Waals surface area contributed by atoms with Crippen molar-refractivity contribution in [2.24, 2.45) is 5.92 Å². The van der Waals surface area contributed by atoms with Crippen LogP contribution in [0.1, 0.15) is 43.0 Å². The molecule has 1 amide bonds. The zero-order chi connectivity index (χ0) is 14.0. The molecule has 0 aliphatic heterocycles. The summed E-state index contributed by atoms with van der Waals surface area (Å²) in [5, 5.41) is 0. The number of halogens is 1. The molecule has 104 valence electrons. The molecule has 2 atom stereocenters. The molecule has 1 aromatic rings. The predicted octanol–water partition coefficient (Wildman–Crippen LogP) is 3.06. The van der Waals surface area contributed by atoms with E-state index in [1.165, 1.54) is 18.6 Å². The number of hydrogen-bond acceptors (Lipinski definition) is 2. The van der Waals surface area contributed by atoms with Gasteiger partial charge in [-0.3, -0.25) is 4.79 Å². The van der Waals surface area contributed by atoms with Gasteiger partial charge >= 0.3 is 0 Å². The van der Waals surface area contributed by atoms with Gasteiger partial charge in [0.25, 0.3) is 5.91 Å². The summed E-state index contributed by atoms with van der Waals surface area (Å²) in [5.41, 5.74) is 5.95. The number of benzene rings is 1. The largest absolute Gasteiger partial charge is 0.399 e. The number of carbonyl (C=O) groups is 1. The average molecular weight is 264 g/mol. The minimum atomic E-state index is -0.541. The van der Waals surface area contributed by atoms with Gasteiger partial charge in [-0.2, -0.15) is 0 Å². The van der Waals surface area contributed by atoms with Gasteiger partial charge in [0.2, 0.25) is 0 Å². The first kappa shape index (κ1) is 13.8. The van der Waals surface area contributed by atoms with Crippen LogP contribution in [0, 0.1) is 11.7 Å². The maximum absolute atomic E-state index is 13.8. The van der Waals surface area contributed by atoms with Crippen molar-refractivity contribution in [2.45, 2.75) is 38.6 Å². The quantitative estimate of drug-likeness (QED) is 0.834. The van der Waals surface area contributed by atoms with Crippen LogP contribution in [0.3, 0.4) is 0 Å². The molecule has 2 rings (SSSR count). The van der Waals surface area contributed by atoms with E-state index in [2.05, 4.69) is 6.92 Å². The van der Waals surface area contributed by atoms with Gasteiger partial charge < -0.3 is 10.6 Å². The Morgan fingerprint density at radius 2 is 2.05 bits per heavy atom. The summed E-state index contributed by atoms with van der Waals surface area (Å²) in [7, 11) is 1.77. The lowest BCUT2D eigenvalue weighted by Gasteiger charge is -2.36. The molecule has 0 heterocycles. The van der Waals surface area contributed by atoms with Crippen molar-refractivity contribution in [3.63, 3.8) is 0 Å². The number of carbonyl (C=O) groups excluding carboxylic acids is 1. The summed E-state index contributed by atoms with van der Waals surface area (Å²) in [4.78, 5) is 14.1. The van der Waals surface area contributed by atoms with Crippen molar-refractivity contribution in [2.75, 3.05) is 12.8 Å². The highest BCUT2D eigenvalue weighted by Crippen LogP contribution is 2.28. The number of amides is 1. The summed E-state index contributed by atoms with van der Waals surface area (Å²) >= 11 is 0. The van der Waals surface area contributed by atoms with Crippen LogP contribution in [-0.4, -0.2) is 23.9 Å². The van der Waals surface area contributed by atoms with Crippen molar-refractivity contribution in [1.29, 1.82) is 0 Å². The zero-order valence-electron chi connectivity index (χ0n) is 11.5. The van der Waals surface area contributed by atoms with E-state index in [9.17, 15) is 9.18 Å². The Kier molecular flexibility index (Phi) is 4.08. The normalized spacial score (nSPS) is 23.1. The highest BCUT2D eigenvalue weighted by atomic mass is 19.1. The minimum Gasteiger partial charge on any atom is -0.399 e. The van der Waals surface area contributed by atoms with Gasteiger partial charge in [-0.05, 0) is 37.0 Å². The van der Waals surface area contributed by atoms with Crippen molar-refractivity contribution in [3.8, 4) is 0 Å². The molecule has 0 aromatic heterocycles. The van der Waals surface area contributed by atoms with E-state index in [0.29, 0.717) is 11.6 Å². The van der Waals surface area contributed by atoms with Crippen LogP contribution in [0.15, 0.2) is 18.2 Å². The number of anilines is 1. The van der Waals surface area contributed by atoms with Crippen LogP contribution in [0.2, 0.25) is 0 Å². The second-order valence-electron chi connectivity index (χ2n) is 5.48. The maximum atomic E-state index is 13.8. The molecule has 4 heteroatoms. The Labute approximate surface area is 113 Å². The average Bonchev–Trinajstić information content (AvgIpc) is 2.38. The van der Waals surface area contributed by atoms with E-state index < -0.39 is 5.82 Å². The lowest BCUT2D eigenvalue weighted by molar-refractivity contribution is 0.0624. The Morgan fingerprint density at radius 3 is 2.68 bits per heavy atom. The van der Waals surface area contributed by atoms with E-state index in [1.54, 1.807) is 18.0 Å². The van der Waals surface area contributed by atoms with Crippen LogP contribution >= 0.6 is 0 Å². The van der Waals surface area contributed by atoms with E-state index in [0.717, 1.165) is 19.3 Å². The number of nitrogens with two attached hydrogens (primary N) is 1. The minimum absolute atomic E-state index is 0.106. The molecule has 1 saturated carbocycles. The molecule has 1 aliphatic rings. The van der Waals surface area contributed by atoms with Crippen molar-refractivity contribution in [3.05, 3.63) is 29.6 Å². The molecule has 1 fully saturated rings. The second kappa shape index (κ2) is 5.59. The summed E-state index contributed by atoms with van der Waals surface area (Å²) in [5.74, 6) is -0.323. The van der Waals surface area contributed by atoms with Gasteiger partial charge in [0.15, 0.2) is 0 Å². The Hall–Kier alpha value is -1.58. The molecule has 0 bridgehead atoms. The third-order valence-corrected chi connectivity index (χ3v) is 4.11. The van der Waals surface area contributed by atoms with E-state index in [-0.39, 0.29) is 17.5 Å². The van der Waals surface area contributed by atoms with Crippen LogP contribution in [0.25, 0.3) is 0 Å². The summed E-state index contributed by atoms with van der Waals surface area (Å²) < 4.78 is 13.8. The Morgan fingerprint density at radius 1 is 1.37 bits per heavy atom. The third-order valence-electron chi connectivity index (χ3n) is 4.11. The lowest BCUT2D eigenvalue weighted by atomic mass is 9.85. The highest BCUT2D eigenvalue weighted by Gasteiger charge is 2.29. The molecule has 19 heavy (non-hydrogen) atoms. The first-order valence-corrected chi connectivity index (χ1v) is 6.83. The zero-order valence-corrected chi connectivity index (χ0v) is 11.5. The molecule has 0 saturated heterocycles. The molecule has 1 aliphatic carbocycles. The number of nitrogen functional groups attached to an aromatic ring is 1. The second-order valence-corrected chi connectivity index (χ2v) is 5.48. The smallest absolute Gasteiger partial charge is 0.256 e. The topological polar surface area (TPSA) is 46.3 Å². The molecule has 0 spiro atoms. The summed E-state index contributed by atoms with van der Waals surface area (Å²) in [6.07, 6.45) is 4.49. The van der Waals surface area contributed by atoms with Crippen molar-refractivity contribution < 1.29 is 9.18 Å². The number of hydrogen-bond donors (Lipinski definition) is 1. The number of nitrogens with zero attached hydrogens (tertiary/aromatic N) is 1. The van der Waals surface area contributed by atoms with E-state index in [1.807, 2.05) is 0 Å². The standard InChI is InChI=1S/C15H21FN2O/c1-10-5-3-4-6-14(10)18(2)15(19)12-8-7-11(17)9-13(12)16/h7-10,14H,3-6,17H2,1-2H3. The first-order chi connectivity index (χ1) is 9.00. The lowest BCUT2D eigenvalue weighted by Crippen LogP contribution is -2.42. The van der Waals surface area contributed by atoms with E-state index in [4.69, 9.17) is 5.73 Å². The van der Waals surface area contributed by atoms with Crippen LogP contribution in [0.5, 0.6) is 0 Å². The molecule has 3 nitrogen and oxygen atoms in total. The SMILES string of the molecule is CC1CCCCC1N(C)C(=O)c1ccc(N)cc1F. The van der Waals surface area contributed by atoms with Gasteiger partial charge in [-0.1, -0.05) is 19.8 Å². The fraction of sp³-hybridized carbons (Fsp3) is 0.533. The first-order valence-electron chi connectivity index (χ1n) is 6.83. The Balaban J connectivity index is 2.18.